The predicted molar refractivity (Wildman–Crippen MR) is 107 cm³/mol. The Kier molecular flexibility index (Phi) is 5.35. The fraction of sp³-hybridized carbons (Fsp3) is 0.286. The van der Waals surface area contributed by atoms with Gasteiger partial charge < -0.3 is 15.4 Å². The van der Waals surface area contributed by atoms with Gasteiger partial charge in [-0.3, -0.25) is 14.0 Å². The van der Waals surface area contributed by atoms with E-state index < -0.39 is 5.54 Å². The average Bonchev–Trinajstić information content (AvgIpc) is 3.05. The van der Waals surface area contributed by atoms with Gasteiger partial charge in [0.25, 0.3) is 11.8 Å². The normalized spacial score (nSPS) is 11.3. The van der Waals surface area contributed by atoms with Gasteiger partial charge in [0.2, 0.25) is 5.82 Å². The predicted octanol–water partition coefficient (Wildman–Crippen LogP) is 2.80. The first-order chi connectivity index (χ1) is 13.3. The van der Waals surface area contributed by atoms with E-state index >= 15 is 0 Å². The van der Waals surface area contributed by atoms with Gasteiger partial charge in [-0.05, 0) is 50.6 Å². The summed E-state index contributed by atoms with van der Waals surface area (Å²) in [6.07, 6.45) is 1.72. The van der Waals surface area contributed by atoms with Crippen LogP contribution in [0.2, 0.25) is 0 Å². The van der Waals surface area contributed by atoms with Gasteiger partial charge in [-0.2, -0.15) is 0 Å². The molecule has 146 valence electrons. The van der Waals surface area contributed by atoms with Crippen LogP contribution in [0.3, 0.4) is 0 Å². The van der Waals surface area contributed by atoms with Crippen molar-refractivity contribution in [1.29, 1.82) is 0 Å². The monoisotopic (exact) mass is 380 g/mol. The van der Waals surface area contributed by atoms with Crippen LogP contribution in [0.5, 0.6) is 5.75 Å². The molecule has 2 aromatic heterocycles. The van der Waals surface area contributed by atoms with E-state index in [2.05, 4.69) is 15.6 Å². The molecule has 2 amide bonds. The molecule has 0 radical (unpaired) electrons. The van der Waals surface area contributed by atoms with Crippen molar-refractivity contribution < 1.29 is 14.3 Å². The van der Waals surface area contributed by atoms with Crippen LogP contribution < -0.4 is 15.4 Å². The number of hydrogen-bond acceptors (Lipinski definition) is 4. The zero-order valence-electron chi connectivity index (χ0n) is 16.4. The summed E-state index contributed by atoms with van der Waals surface area (Å²) >= 11 is 0. The Bertz CT molecular complexity index is 1000. The molecule has 3 aromatic rings. The Labute approximate surface area is 163 Å². The number of carbonyl (C=O) groups excluding carboxylic acids is 2. The zero-order chi connectivity index (χ0) is 20.3. The molecule has 7 heteroatoms. The van der Waals surface area contributed by atoms with Crippen molar-refractivity contribution >= 4 is 17.3 Å². The van der Waals surface area contributed by atoms with Gasteiger partial charge in [-0.15, -0.1) is 0 Å². The van der Waals surface area contributed by atoms with E-state index in [0.29, 0.717) is 12.1 Å². The van der Waals surface area contributed by atoms with Crippen LogP contribution in [0, 0.1) is 0 Å². The van der Waals surface area contributed by atoms with Crippen LogP contribution in [0.15, 0.2) is 48.7 Å². The molecule has 0 aliphatic heterocycles. The molecule has 0 fully saturated rings. The standard InChI is InChI=1S/C21H24N4O3/c1-21(2,3)24-20(27)18-23-17(16-7-5-6-12-25(16)18)19(26)22-13-14-8-10-15(28-4)11-9-14/h5-12H,13H2,1-4H3,(H,22,26)(H,24,27). The number of ether oxygens (including phenoxy) is 1. The molecule has 0 aliphatic carbocycles. The zero-order valence-corrected chi connectivity index (χ0v) is 16.4. The SMILES string of the molecule is COc1ccc(CNC(=O)c2nc(C(=O)NC(C)(C)C)n3ccccc23)cc1. The number of rotatable bonds is 5. The fourth-order valence-corrected chi connectivity index (χ4v) is 2.77. The molecular weight excluding hydrogens is 356 g/mol. The number of amides is 2. The van der Waals surface area contributed by atoms with Crippen LogP contribution >= 0.6 is 0 Å². The lowest BCUT2D eigenvalue weighted by molar-refractivity contribution is 0.0908. The number of methoxy groups -OCH3 is 1. The van der Waals surface area contributed by atoms with Gasteiger partial charge >= 0.3 is 0 Å². The molecule has 0 saturated heterocycles. The summed E-state index contributed by atoms with van der Waals surface area (Å²) in [6, 6.07) is 12.8. The molecule has 0 aliphatic rings. The smallest absolute Gasteiger partial charge is 0.288 e. The molecule has 0 atom stereocenters. The molecular formula is C21H24N4O3. The molecule has 3 rings (SSSR count). The van der Waals surface area contributed by atoms with Crippen LogP contribution in [0.1, 0.15) is 47.4 Å². The molecule has 2 heterocycles. The summed E-state index contributed by atoms with van der Waals surface area (Å²) < 4.78 is 6.76. The summed E-state index contributed by atoms with van der Waals surface area (Å²) in [7, 11) is 1.61. The lowest BCUT2D eigenvalue weighted by atomic mass is 10.1. The number of pyridine rings is 1. The van der Waals surface area contributed by atoms with E-state index in [0.717, 1.165) is 11.3 Å². The lowest BCUT2D eigenvalue weighted by Crippen LogP contribution is -2.41. The minimum atomic E-state index is -0.408. The van der Waals surface area contributed by atoms with Crippen molar-refractivity contribution in [2.24, 2.45) is 0 Å². The maximum Gasteiger partial charge on any atom is 0.288 e. The van der Waals surface area contributed by atoms with Gasteiger partial charge in [-0.1, -0.05) is 18.2 Å². The molecule has 28 heavy (non-hydrogen) atoms. The number of benzene rings is 1. The largest absolute Gasteiger partial charge is 0.497 e. The third kappa shape index (κ3) is 4.31. The van der Waals surface area contributed by atoms with Gasteiger partial charge in [0.05, 0.1) is 12.6 Å². The van der Waals surface area contributed by atoms with Crippen LogP contribution in [-0.4, -0.2) is 33.8 Å². The highest BCUT2D eigenvalue weighted by molar-refractivity contribution is 6.02. The van der Waals surface area contributed by atoms with E-state index in [4.69, 9.17) is 4.74 Å². The highest BCUT2D eigenvalue weighted by atomic mass is 16.5. The number of nitrogens with one attached hydrogen (secondary N) is 2. The Morgan fingerprint density at radius 3 is 2.43 bits per heavy atom. The summed E-state index contributed by atoms with van der Waals surface area (Å²) in [4.78, 5) is 29.7. The Morgan fingerprint density at radius 1 is 1.07 bits per heavy atom. The van der Waals surface area contributed by atoms with E-state index in [-0.39, 0.29) is 23.3 Å². The highest BCUT2D eigenvalue weighted by Crippen LogP contribution is 2.15. The molecule has 7 nitrogen and oxygen atoms in total. The summed E-state index contributed by atoms with van der Waals surface area (Å²) in [5, 5.41) is 5.74. The highest BCUT2D eigenvalue weighted by Gasteiger charge is 2.23. The molecule has 0 unspecified atom stereocenters. The van der Waals surface area contributed by atoms with E-state index in [1.807, 2.05) is 51.1 Å². The molecule has 0 spiro atoms. The second-order valence-electron chi connectivity index (χ2n) is 7.47. The van der Waals surface area contributed by atoms with Crippen LogP contribution in [-0.2, 0) is 6.54 Å². The second-order valence-corrected chi connectivity index (χ2v) is 7.47. The van der Waals surface area contributed by atoms with Crippen molar-refractivity contribution in [1.82, 2.24) is 20.0 Å². The van der Waals surface area contributed by atoms with E-state index in [1.165, 1.54) is 0 Å². The summed E-state index contributed by atoms with van der Waals surface area (Å²) in [6.45, 7) is 6.02. The van der Waals surface area contributed by atoms with Gasteiger partial charge in [0, 0.05) is 18.3 Å². The Hall–Kier alpha value is -3.35. The van der Waals surface area contributed by atoms with Crippen molar-refractivity contribution in [2.75, 3.05) is 7.11 Å². The minimum Gasteiger partial charge on any atom is -0.497 e. The molecule has 2 N–H and O–H groups in total. The number of carbonyl (C=O) groups is 2. The van der Waals surface area contributed by atoms with Gasteiger partial charge in [0.15, 0.2) is 5.69 Å². The topological polar surface area (TPSA) is 84.7 Å². The Balaban J connectivity index is 1.83. The second kappa shape index (κ2) is 7.72. The third-order valence-electron chi connectivity index (χ3n) is 4.07. The van der Waals surface area contributed by atoms with E-state index in [9.17, 15) is 9.59 Å². The number of hydrogen-bond donors (Lipinski definition) is 2. The van der Waals surface area contributed by atoms with Gasteiger partial charge in [0.1, 0.15) is 5.75 Å². The first-order valence-corrected chi connectivity index (χ1v) is 8.99. The minimum absolute atomic E-state index is 0.181. The van der Waals surface area contributed by atoms with Crippen LogP contribution in [0.4, 0.5) is 0 Å². The summed E-state index contributed by atoms with van der Waals surface area (Å²) in [5.74, 6) is 0.266. The fourth-order valence-electron chi connectivity index (χ4n) is 2.77. The first-order valence-electron chi connectivity index (χ1n) is 8.99. The third-order valence-corrected chi connectivity index (χ3v) is 4.07. The van der Waals surface area contributed by atoms with Crippen LogP contribution in [0.25, 0.3) is 5.52 Å². The quantitative estimate of drug-likeness (QED) is 0.713. The van der Waals surface area contributed by atoms with E-state index in [1.54, 1.807) is 29.8 Å². The number of fused-ring (bicyclic) bond motifs is 1. The molecule has 0 bridgehead atoms. The van der Waals surface area contributed by atoms with Crippen molar-refractivity contribution in [3.63, 3.8) is 0 Å². The maximum absolute atomic E-state index is 12.7. The van der Waals surface area contributed by atoms with Crippen molar-refractivity contribution in [2.45, 2.75) is 32.9 Å². The van der Waals surface area contributed by atoms with Crippen molar-refractivity contribution in [3.05, 3.63) is 65.7 Å². The molecule has 1 aromatic carbocycles. The Morgan fingerprint density at radius 2 is 1.79 bits per heavy atom. The maximum atomic E-state index is 12.7. The van der Waals surface area contributed by atoms with Crippen molar-refractivity contribution in [3.8, 4) is 5.75 Å². The number of aromatic nitrogens is 2. The summed E-state index contributed by atoms with van der Waals surface area (Å²) in [5.41, 5.74) is 1.32. The number of imidazole rings is 1. The molecule has 0 saturated carbocycles. The van der Waals surface area contributed by atoms with Gasteiger partial charge in [-0.25, -0.2) is 4.98 Å². The first kappa shape index (κ1) is 19.4. The lowest BCUT2D eigenvalue weighted by Gasteiger charge is -2.19. The number of nitrogens with zero attached hydrogens (tertiary/aromatic N) is 2. The average molecular weight is 380 g/mol.